The number of aliphatic carboxylic acids is 2. The Labute approximate surface area is 220 Å². The van der Waals surface area contributed by atoms with Crippen LogP contribution in [0.2, 0.25) is 0 Å². The average Bonchev–Trinajstić information content (AvgIpc) is 3.63. The van der Waals surface area contributed by atoms with E-state index in [1.165, 1.54) is 46.2 Å². The molecule has 0 radical (unpaired) electrons. The summed E-state index contributed by atoms with van der Waals surface area (Å²) in [6, 6.07) is 9.16. The Bertz CT molecular complexity index is 1450. The van der Waals surface area contributed by atoms with Crippen LogP contribution in [0.5, 0.6) is 5.75 Å². The first kappa shape index (κ1) is 24.5. The second kappa shape index (κ2) is 10.0. The van der Waals surface area contributed by atoms with E-state index in [-0.39, 0.29) is 5.75 Å². The van der Waals surface area contributed by atoms with Gasteiger partial charge in [0.15, 0.2) is 12.1 Å². The van der Waals surface area contributed by atoms with Gasteiger partial charge in [-0.3, -0.25) is 9.98 Å². The van der Waals surface area contributed by atoms with Crippen molar-refractivity contribution in [3.05, 3.63) is 46.4 Å². The number of rotatable bonds is 4. The number of phenols is 1. The van der Waals surface area contributed by atoms with Gasteiger partial charge in [-0.05, 0) is 36.4 Å². The van der Waals surface area contributed by atoms with Crippen LogP contribution in [0.15, 0.2) is 46.4 Å². The van der Waals surface area contributed by atoms with Gasteiger partial charge in [-0.2, -0.15) is 0 Å². The highest BCUT2D eigenvalue weighted by molar-refractivity contribution is 8.15. The molecule has 6 rings (SSSR count). The van der Waals surface area contributed by atoms with Gasteiger partial charge in [-0.1, -0.05) is 0 Å². The van der Waals surface area contributed by atoms with E-state index < -0.39 is 24.0 Å². The summed E-state index contributed by atoms with van der Waals surface area (Å²) in [6.45, 7) is 0. The van der Waals surface area contributed by atoms with E-state index in [4.69, 9.17) is 15.9 Å². The molecule has 0 unspecified atom stereocenters. The number of aliphatic imine (C=N–C) groups is 2. The largest absolute Gasteiger partial charge is 0.508 e. The number of hydrogen-bond acceptors (Lipinski definition) is 12. The highest BCUT2D eigenvalue weighted by Crippen LogP contribution is 2.32. The summed E-state index contributed by atoms with van der Waals surface area (Å²) in [5.41, 5.74) is 8.06. The topological polar surface area (TPSA) is 171 Å². The fourth-order valence-corrected chi connectivity index (χ4v) is 7.48. The lowest BCUT2D eigenvalue weighted by atomic mass is 10.3. The van der Waals surface area contributed by atoms with Crippen LogP contribution in [-0.4, -0.2) is 70.9 Å². The molecule has 10 nitrogen and oxygen atoms in total. The van der Waals surface area contributed by atoms with E-state index in [9.17, 15) is 14.7 Å². The number of phenolic OH excluding ortho intramolecular Hbond substituents is 1. The minimum absolute atomic E-state index is 0.196. The number of nitrogens with two attached hydrogens (primary N) is 1. The molecule has 0 spiro atoms. The number of benzene rings is 2. The van der Waals surface area contributed by atoms with Crippen LogP contribution >= 0.6 is 46.2 Å². The molecule has 0 bridgehead atoms. The molecule has 0 fully saturated rings. The van der Waals surface area contributed by atoms with Crippen LogP contribution in [-0.2, 0) is 9.59 Å². The van der Waals surface area contributed by atoms with E-state index >= 15 is 0 Å². The lowest BCUT2D eigenvalue weighted by Gasteiger charge is -1.93. The van der Waals surface area contributed by atoms with Gasteiger partial charge in [0.2, 0.25) is 0 Å². The number of nitrogens with zero attached hydrogens (tertiary/aromatic N) is 4. The number of nitrogen functional groups attached to an aromatic ring is 1. The second-order valence-electron chi connectivity index (χ2n) is 7.62. The van der Waals surface area contributed by atoms with E-state index in [2.05, 4.69) is 20.0 Å². The number of carboxylic acids is 2. The predicted molar refractivity (Wildman–Crippen MR) is 146 cm³/mol. The number of anilines is 1. The maximum Gasteiger partial charge on any atom is 0.329 e. The first-order chi connectivity index (χ1) is 17.3. The molecule has 0 saturated carbocycles. The summed E-state index contributed by atoms with van der Waals surface area (Å²) in [7, 11) is 0. The zero-order valence-corrected chi connectivity index (χ0v) is 21.5. The zero-order chi connectivity index (χ0) is 25.4. The summed E-state index contributed by atoms with van der Waals surface area (Å²) in [4.78, 5) is 38.8. The first-order valence-corrected chi connectivity index (χ1v) is 14.0. The lowest BCUT2D eigenvalue weighted by Crippen LogP contribution is -2.17. The van der Waals surface area contributed by atoms with E-state index in [0.29, 0.717) is 32.3 Å². The standard InChI is InChI=1S/C11H9N3O2S2.C11H8N2O3S2/c12-5-1-2-6-8(3-5)18-10(13-6)9-14-7(4-17-9)11(15)16;14-5-1-2-6-8(3-5)18-10(12-6)9-13-7(4-17-9)11(15)16/h1-3,7H,4,12H2,(H,15,16);1-3,7,14H,4H2,(H,15,16)/t2*7-/m11/s1. The van der Waals surface area contributed by atoms with Crippen molar-refractivity contribution in [1.29, 1.82) is 0 Å². The van der Waals surface area contributed by atoms with Crippen LogP contribution in [0.1, 0.15) is 10.0 Å². The fraction of sp³-hybridized carbons (Fsp3) is 0.182. The van der Waals surface area contributed by atoms with Crippen molar-refractivity contribution in [2.45, 2.75) is 12.1 Å². The van der Waals surface area contributed by atoms with Gasteiger partial charge >= 0.3 is 11.9 Å². The maximum absolute atomic E-state index is 10.8. The molecule has 2 atom stereocenters. The SMILES string of the molecule is Nc1ccc2nc(C3=N[C@@H](C(=O)O)CS3)sc2c1.O=C(O)[C@H]1CSC(c2nc3ccc(O)cc3s2)=N1. The van der Waals surface area contributed by atoms with Crippen LogP contribution in [0.4, 0.5) is 5.69 Å². The van der Waals surface area contributed by atoms with Crippen molar-refractivity contribution in [2.24, 2.45) is 9.98 Å². The molecule has 184 valence electrons. The van der Waals surface area contributed by atoms with E-state index in [0.717, 1.165) is 25.4 Å². The Balaban J connectivity index is 0.000000148. The number of carbonyl (C=O) groups is 2. The van der Waals surface area contributed by atoms with Crippen molar-refractivity contribution < 1.29 is 24.9 Å². The molecule has 4 heterocycles. The van der Waals surface area contributed by atoms with Crippen molar-refractivity contribution >= 4 is 94.3 Å². The van der Waals surface area contributed by atoms with E-state index in [1.807, 2.05) is 12.1 Å². The fourth-order valence-electron chi connectivity index (χ4n) is 3.27. The number of aromatic hydroxyl groups is 1. The third-order valence-electron chi connectivity index (χ3n) is 5.02. The molecular weight excluding hydrogens is 543 g/mol. The van der Waals surface area contributed by atoms with Gasteiger partial charge in [0.05, 0.1) is 20.4 Å². The average molecular weight is 560 g/mol. The quantitative estimate of drug-likeness (QED) is 0.270. The first-order valence-electron chi connectivity index (χ1n) is 10.4. The summed E-state index contributed by atoms with van der Waals surface area (Å²) >= 11 is 5.74. The Morgan fingerprint density at radius 2 is 1.31 bits per heavy atom. The molecule has 2 aliphatic heterocycles. The van der Waals surface area contributed by atoms with Crippen molar-refractivity contribution in [2.75, 3.05) is 17.2 Å². The lowest BCUT2D eigenvalue weighted by molar-refractivity contribution is -0.138. The molecule has 0 aliphatic carbocycles. The molecule has 2 aromatic heterocycles. The molecule has 2 aliphatic rings. The number of thioether (sulfide) groups is 2. The molecular formula is C22H17N5O5S4. The predicted octanol–water partition coefficient (Wildman–Crippen LogP) is 3.77. The van der Waals surface area contributed by atoms with Gasteiger partial charge in [-0.15, -0.1) is 46.2 Å². The van der Waals surface area contributed by atoms with Crippen LogP contribution < -0.4 is 5.73 Å². The highest BCUT2D eigenvalue weighted by Gasteiger charge is 2.27. The number of fused-ring (bicyclic) bond motifs is 2. The summed E-state index contributed by atoms with van der Waals surface area (Å²) < 4.78 is 1.86. The molecule has 4 aromatic rings. The summed E-state index contributed by atoms with van der Waals surface area (Å²) in [6.07, 6.45) is 0. The van der Waals surface area contributed by atoms with Crippen molar-refractivity contribution in [1.82, 2.24) is 9.97 Å². The van der Waals surface area contributed by atoms with Crippen LogP contribution in [0.25, 0.3) is 20.4 Å². The maximum atomic E-state index is 10.8. The third-order valence-corrected chi connectivity index (χ3v) is 9.44. The second-order valence-corrected chi connectivity index (χ2v) is 11.7. The Morgan fingerprint density at radius 1 is 0.806 bits per heavy atom. The van der Waals surface area contributed by atoms with Gasteiger partial charge in [0.1, 0.15) is 25.9 Å². The van der Waals surface area contributed by atoms with Gasteiger partial charge in [-0.25, -0.2) is 19.6 Å². The normalized spacial score (nSPS) is 19.1. The van der Waals surface area contributed by atoms with Crippen molar-refractivity contribution in [3.8, 4) is 5.75 Å². The minimum Gasteiger partial charge on any atom is -0.508 e. The van der Waals surface area contributed by atoms with Crippen molar-refractivity contribution in [3.63, 3.8) is 0 Å². The molecule has 14 heteroatoms. The summed E-state index contributed by atoms with van der Waals surface area (Å²) in [5, 5.41) is 30.0. The van der Waals surface area contributed by atoms with Crippen LogP contribution in [0.3, 0.4) is 0 Å². The number of carboxylic acid groups (broad SMARTS) is 2. The smallest absolute Gasteiger partial charge is 0.329 e. The molecule has 0 saturated heterocycles. The third kappa shape index (κ3) is 5.16. The monoisotopic (exact) mass is 559 g/mol. The molecule has 2 aromatic carbocycles. The van der Waals surface area contributed by atoms with Gasteiger partial charge < -0.3 is 21.1 Å². The van der Waals surface area contributed by atoms with Crippen LogP contribution in [0, 0.1) is 0 Å². The van der Waals surface area contributed by atoms with Gasteiger partial charge in [0, 0.05) is 17.2 Å². The molecule has 36 heavy (non-hydrogen) atoms. The summed E-state index contributed by atoms with van der Waals surface area (Å²) in [5.74, 6) is -0.671. The minimum atomic E-state index is -0.906. The Hall–Kier alpha value is -3.20. The Morgan fingerprint density at radius 3 is 1.81 bits per heavy atom. The number of hydrogen-bond donors (Lipinski definition) is 4. The number of aromatic nitrogens is 2. The molecule has 5 N–H and O–H groups in total. The number of thiazole rings is 2. The van der Waals surface area contributed by atoms with E-state index in [1.54, 1.807) is 24.3 Å². The highest BCUT2D eigenvalue weighted by atomic mass is 32.2. The zero-order valence-electron chi connectivity index (χ0n) is 18.2. The Kier molecular flexibility index (Phi) is 6.83. The van der Waals surface area contributed by atoms with Gasteiger partial charge in [0.25, 0.3) is 0 Å². The molecule has 0 amide bonds.